The molecule has 0 aromatic heterocycles. The molecule has 6 rings (SSSR count). The first-order valence-corrected chi connectivity index (χ1v) is 22.2. The average molecular weight is 831 g/mol. The highest BCUT2D eigenvalue weighted by Crippen LogP contribution is 2.51. The van der Waals surface area contributed by atoms with E-state index in [0.717, 1.165) is 55.6 Å². The van der Waals surface area contributed by atoms with Crippen LogP contribution in [-0.2, 0) is 32.8 Å². The molecule has 0 spiro atoms. The van der Waals surface area contributed by atoms with Gasteiger partial charge in [0.25, 0.3) is 0 Å². The Labute approximate surface area is 373 Å². The van der Waals surface area contributed by atoms with E-state index >= 15 is 0 Å². The molecular formula is C58H70O4. The van der Waals surface area contributed by atoms with Crippen LogP contribution in [0.2, 0.25) is 0 Å². The Morgan fingerprint density at radius 1 is 0.419 bits per heavy atom. The Morgan fingerprint density at radius 3 is 1.15 bits per heavy atom. The van der Waals surface area contributed by atoms with Gasteiger partial charge >= 0.3 is 0 Å². The van der Waals surface area contributed by atoms with E-state index in [1.165, 1.54) is 22.3 Å². The van der Waals surface area contributed by atoms with Crippen LogP contribution >= 0.6 is 0 Å². The second-order valence-electron chi connectivity index (χ2n) is 21.5. The molecule has 326 valence electrons. The van der Waals surface area contributed by atoms with Crippen molar-refractivity contribution >= 4 is 0 Å². The van der Waals surface area contributed by atoms with Crippen molar-refractivity contribution in [2.75, 3.05) is 20.3 Å². The van der Waals surface area contributed by atoms with Crippen molar-refractivity contribution in [2.45, 2.75) is 125 Å². The lowest BCUT2D eigenvalue weighted by molar-refractivity contribution is 0.147. The zero-order chi connectivity index (χ0) is 45.5. The largest absolute Gasteiger partial charge is 0.507 e. The molecule has 0 saturated heterocycles. The van der Waals surface area contributed by atoms with Gasteiger partial charge in [-0.15, -0.1) is 0 Å². The molecule has 0 aliphatic heterocycles. The lowest BCUT2D eigenvalue weighted by Crippen LogP contribution is -2.16. The van der Waals surface area contributed by atoms with Crippen LogP contribution in [0.5, 0.6) is 17.2 Å². The Hall–Kier alpha value is -5.32. The highest BCUT2D eigenvalue weighted by atomic mass is 16.5. The third-order valence-electron chi connectivity index (χ3n) is 12.0. The van der Waals surface area contributed by atoms with E-state index < -0.39 is 0 Å². The first-order valence-electron chi connectivity index (χ1n) is 22.2. The number of rotatable bonds is 10. The van der Waals surface area contributed by atoms with Gasteiger partial charge in [-0.05, 0) is 134 Å². The third-order valence-corrected chi connectivity index (χ3v) is 12.0. The zero-order valence-electron chi connectivity index (χ0n) is 40.1. The van der Waals surface area contributed by atoms with Crippen molar-refractivity contribution in [3.05, 3.63) is 148 Å². The molecule has 6 aromatic rings. The van der Waals surface area contributed by atoms with Crippen molar-refractivity contribution in [3.8, 4) is 61.8 Å². The minimum atomic E-state index is -0.0989. The molecule has 0 saturated carbocycles. The zero-order valence-corrected chi connectivity index (χ0v) is 40.1. The molecule has 0 radical (unpaired) electrons. The summed E-state index contributed by atoms with van der Waals surface area (Å²) in [4.78, 5) is 0. The van der Waals surface area contributed by atoms with Gasteiger partial charge < -0.3 is 19.7 Å². The molecule has 4 nitrogen and oxygen atoms in total. The smallest absolute Gasteiger partial charge is 0.135 e. The van der Waals surface area contributed by atoms with E-state index in [1.54, 1.807) is 7.11 Å². The highest BCUT2D eigenvalue weighted by molar-refractivity contribution is 5.93. The van der Waals surface area contributed by atoms with Crippen molar-refractivity contribution in [1.82, 2.24) is 0 Å². The number of phenolic OH excluding ortho intramolecular Hbond substituents is 2. The van der Waals surface area contributed by atoms with Crippen molar-refractivity contribution < 1.29 is 19.7 Å². The van der Waals surface area contributed by atoms with Gasteiger partial charge in [-0.25, -0.2) is 0 Å². The topological polar surface area (TPSA) is 58.9 Å². The summed E-state index contributed by atoms with van der Waals surface area (Å²) in [5.41, 5.74) is 15.0. The summed E-state index contributed by atoms with van der Waals surface area (Å²) in [6.45, 7) is 31.6. The summed E-state index contributed by atoms with van der Waals surface area (Å²) in [5, 5.41) is 25.4. The lowest BCUT2D eigenvalue weighted by Gasteiger charge is -2.27. The number of aryl methyl sites for hydroxylation is 2. The molecule has 0 atom stereocenters. The predicted molar refractivity (Wildman–Crippen MR) is 262 cm³/mol. The molecule has 0 aliphatic carbocycles. The van der Waals surface area contributed by atoms with Gasteiger partial charge in [0.15, 0.2) is 0 Å². The van der Waals surface area contributed by atoms with E-state index in [2.05, 4.69) is 194 Å². The summed E-state index contributed by atoms with van der Waals surface area (Å²) in [6.07, 6.45) is 0.642. The quantitative estimate of drug-likeness (QED) is 0.135. The molecule has 0 bridgehead atoms. The maximum atomic E-state index is 12.7. The minimum Gasteiger partial charge on any atom is -0.507 e. The van der Waals surface area contributed by atoms with E-state index in [-0.39, 0.29) is 39.8 Å². The molecule has 0 fully saturated rings. The number of hydrogen-bond donors (Lipinski definition) is 2. The van der Waals surface area contributed by atoms with Crippen LogP contribution in [0.1, 0.15) is 128 Å². The predicted octanol–water partition coefficient (Wildman–Crippen LogP) is 15.2. The van der Waals surface area contributed by atoms with Crippen LogP contribution < -0.4 is 4.74 Å². The number of ether oxygens (including phenoxy) is 2. The van der Waals surface area contributed by atoms with Gasteiger partial charge in [-0.2, -0.15) is 0 Å². The average Bonchev–Trinajstić information content (AvgIpc) is 3.18. The van der Waals surface area contributed by atoms with Gasteiger partial charge in [0.05, 0.1) is 6.61 Å². The maximum Gasteiger partial charge on any atom is 0.135 e. The Morgan fingerprint density at radius 2 is 0.790 bits per heavy atom. The van der Waals surface area contributed by atoms with E-state index in [0.29, 0.717) is 29.9 Å². The first-order chi connectivity index (χ1) is 28.8. The van der Waals surface area contributed by atoms with Gasteiger partial charge in [0.1, 0.15) is 23.9 Å². The number of methoxy groups -OCH3 is 1. The third kappa shape index (κ3) is 10.3. The van der Waals surface area contributed by atoms with Crippen molar-refractivity contribution in [1.29, 1.82) is 0 Å². The first kappa shape index (κ1) is 46.2. The number of hydrogen-bond acceptors (Lipinski definition) is 4. The molecule has 0 heterocycles. The molecule has 2 N–H and O–H groups in total. The standard InChI is InChI=1S/C58H70O4/c1-36-23-46(40-30-42(55(3,4)5)34-43(31-40)56(6,7)8)52(59)48(25-36)50-28-39(27-38-19-17-16-18-20-38)29-51(54(50)62-22-21-61-15)49-26-37(2)24-47(53(49)60)41-32-44(57(9,10)11)35-45(33-41)58(12,13)14/h16-20,23-26,28-35,59-60H,21-22,27H2,1-15H3. The molecule has 0 unspecified atom stereocenters. The summed E-state index contributed by atoms with van der Waals surface area (Å²) < 4.78 is 12.3. The maximum absolute atomic E-state index is 12.7. The Kier molecular flexibility index (Phi) is 13.0. The SMILES string of the molecule is COCCOc1c(-c2cc(C)cc(-c3cc(C(C)(C)C)cc(C(C)(C)C)c3)c2O)cc(Cc2ccccc2)cc1-c1cc(C)cc(-c2cc(C(C)(C)C)cc(C(C)(C)C)c2)c1O. The van der Waals surface area contributed by atoms with Crippen LogP contribution in [0.25, 0.3) is 44.5 Å². The molecule has 4 heteroatoms. The fourth-order valence-corrected chi connectivity index (χ4v) is 8.11. The Balaban J connectivity index is 1.69. The summed E-state index contributed by atoms with van der Waals surface area (Å²) in [7, 11) is 1.67. The Bertz CT molecular complexity index is 2350. The van der Waals surface area contributed by atoms with Gasteiger partial charge in [-0.3, -0.25) is 0 Å². The summed E-state index contributed by atoms with van der Waals surface area (Å²) in [6, 6.07) is 36.5. The van der Waals surface area contributed by atoms with Gasteiger partial charge in [0.2, 0.25) is 0 Å². The van der Waals surface area contributed by atoms with Gasteiger partial charge in [0, 0.05) is 40.5 Å². The van der Waals surface area contributed by atoms with Crippen LogP contribution in [0.4, 0.5) is 0 Å². The van der Waals surface area contributed by atoms with E-state index in [9.17, 15) is 10.2 Å². The van der Waals surface area contributed by atoms with Crippen LogP contribution in [-0.4, -0.2) is 30.5 Å². The van der Waals surface area contributed by atoms with E-state index in [1.807, 2.05) is 6.07 Å². The molecule has 0 aliphatic rings. The second kappa shape index (κ2) is 17.4. The molecule has 6 aromatic carbocycles. The fourth-order valence-electron chi connectivity index (χ4n) is 8.11. The monoisotopic (exact) mass is 831 g/mol. The normalized spacial score (nSPS) is 12.5. The van der Waals surface area contributed by atoms with E-state index in [4.69, 9.17) is 9.47 Å². The van der Waals surface area contributed by atoms with Crippen molar-refractivity contribution in [2.24, 2.45) is 0 Å². The van der Waals surface area contributed by atoms with Crippen LogP contribution in [0.3, 0.4) is 0 Å². The minimum absolute atomic E-state index is 0.0989. The van der Waals surface area contributed by atoms with Crippen LogP contribution in [0.15, 0.2) is 103 Å². The van der Waals surface area contributed by atoms with Gasteiger partial charge in [-0.1, -0.05) is 150 Å². The highest BCUT2D eigenvalue weighted by Gasteiger charge is 2.27. The summed E-state index contributed by atoms with van der Waals surface area (Å²) >= 11 is 0. The number of phenols is 2. The molecule has 62 heavy (non-hydrogen) atoms. The van der Waals surface area contributed by atoms with Crippen molar-refractivity contribution in [3.63, 3.8) is 0 Å². The number of aromatic hydroxyl groups is 2. The molecule has 0 amide bonds. The summed E-state index contributed by atoms with van der Waals surface area (Å²) in [5.74, 6) is 0.947. The molecular weight excluding hydrogens is 761 g/mol. The number of benzene rings is 6. The fraction of sp³-hybridized carbons (Fsp3) is 0.379. The second-order valence-corrected chi connectivity index (χ2v) is 21.5. The van der Waals surface area contributed by atoms with Crippen LogP contribution in [0, 0.1) is 13.8 Å². The lowest BCUT2D eigenvalue weighted by atomic mass is 9.78.